The molecule has 0 aliphatic carbocycles. The van der Waals surface area contributed by atoms with Crippen LogP contribution in [0.1, 0.15) is 18.9 Å². The predicted molar refractivity (Wildman–Crippen MR) is 80.4 cm³/mol. The molecule has 2 heterocycles. The largest absolute Gasteiger partial charge is 0.491 e. The van der Waals surface area contributed by atoms with Crippen LogP contribution in [-0.2, 0) is 9.54 Å². The van der Waals surface area contributed by atoms with Gasteiger partial charge in [-0.3, -0.25) is 19.8 Å². The number of nitrogens with one attached hydrogen (secondary N) is 1. The van der Waals surface area contributed by atoms with Crippen molar-refractivity contribution < 1.29 is 28.6 Å². The molecule has 23 heavy (non-hydrogen) atoms. The SMILES string of the molecule is CCN(C(=O)O)c1cc(F)cc2c1OCCC21SC(=O)NC1=O. The summed E-state index contributed by atoms with van der Waals surface area (Å²) in [6.07, 6.45) is -1.06. The highest BCUT2D eigenvalue weighted by atomic mass is 32.2. The molecule has 0 saturated carbocycles. The van der Waals surface area contributed by atoms with Crippen molar-refractivity contribution in [1.29, 1.82) is 0 Å². The average molecular weight is 340 g/mol. The van der Waals surface area contributed by atoms with Gasteiger partial charge in [0.05, 0.1) is 12.3 Å². The van der Waals surface area contributed by atoms with Gasteiger partial charge in [-0.2, -0.15) is 0 Å². The maximum Gasteiger partial charge on any atom is 0.411 e. The quantitative estimate of drug-likeness (QED) is 0.857. The van der Waals surface area contributed by atoms with Crippen LogP contribution in [0.4, 0.5) is 19.7 Å². The molecule has 0 radical (unpaired) electrons. The van der Waals surface area contributed by atoms with Gasteiger partial charge in [0.25, 0.3) is 5.24 Å². The minimum absolute atomic E-state index is 0.0295. The van der Waals surface area contributed by atoms with Crippen molar-refractivity contribution in [3.63, 3.8) is 0 Å². The topological polar surface area (TPSA) is 95.9 Å². The lowest BCUT2D eigenvalue weighted by molar-refractivity contribution is -0.122. The van der Waals surface area contributed by atoms with E-state index in [4.69, 9.17) is 4.74 Å². The summed E-state index contributed by atoms with van der Waals surface area (Å²) in [4.78, 5) is 36.2. The Morgan fingerprint density at radius 2 is 2.26 bits per heavy atom. The number of benzene rings is 1. The van der Waals surface area contributed by atoms with Crippen LogP contribution in [0, 0.1) is 5.82 Å². The first-order valence-corrected chi connectivity index (χ1v) is 7.72. The fourth-order valence-corrected chi connectivity index (χ4v) is 3.89. The third kappa shape index (κ3) is 2.31. The number of ether oxygens (including phenoxy) is 1. The van der Waals surface area contributed by atoms with Crippen LogP contribution in [0.5, 0.6) is 5.75 Å². The third-order valence-electron chi connectivity index (χ3n) is 3.86. The molecule has 1 spiro atoms. The standard InChI is InChI=1S/C14H13FN2O5S/c1-2-17(13(20)21)9-6-7(15)5-8-10(9)22-4-3-14(8)11(18)16-12(19)23-14/h5-6H,2-4H2,1H3,(H,20,21)(H,16,18,19). The van der Waals surface area contributed by atoms with E-state index in [-0.39, 0.29) is 36.6 Å². The normalized spacial score (nSPS) is 22.5. The van der Waals surface area contributed by atoms with E-state index in [1.807, 2.05) is 0 Å². The highest BCUT2D eigenvalue weighted by molar-refractivity contribution is 8.15. The Balaban J connectivity index is 2.22. The monoisotopic (exact) mass is 340 g/mol. The molecule has 3 amide bonds. The molecule has 0 bridgehead atoms. The number of rotatable bonds is 2. The summed E-state index contributed by atoms with van der Waals surface area (Å²) < 4.78 is 18.3. The zero-order valence-electron chi connectivity index (χ0n) is 12.1. The van der Waals surface area contributed by atoms with E-state index < -0.39 is 27.8 Å². The summed E-state index contributed by atoms with van der Waals surface area (Å²) >= 11 is 0.773. The Hall–Kier alpha value is -2.29. The zero-order chi connectivity index (χ0) is 16.8. The number of halogens is 1. The molecule has 2 N–H and O–H groups in total. The van der Waals surface area contributed by atoms with Crippen LogP contribution in [0.25, 0.3) is 0 Å². The fraction of sp³-hybridized carbons (Fsp3) is 0.357. The molecule has 1 unspecified atom stereocenters. The number of imide groups is 1. The van der Waals surface area contributed by atoms with Crippen LogP contribution in [0.15, 0.2) is 12.1 Å². The first-order valence-electron chi connectivity index (χ1n) is 6.90. The first kappa shape index (κ1) is 15.6. The zero-order valence-corrected chi connectivity index (χ0v) is 12.9. The lowest BCUT2D eigenvalue weighted by atomic mass is 9.90. The molecule has 2 aliphatic rings. The second kappa shape index (κ2) is 5.41. The smallest absolute Gasteiger partial charge is 0.411 e. The Labute approximate surface area is 134 Å². The number of amides is 3. The van der Waals surface area contributed by atoms with Crippen LogP contribution < -0.4 is 15.0 Å². The Bertz CT molecular complexity index is 725. The summed E-state index contributed by atoms with van der Waals surface area (Å²) in [5.41, 5.74) is 0.216. The van der Waals surface area contributed by atoms with Gasteiger partial charge in [-0.25, -0.2) is 9.18 Å². The molecule has 7 nitrogen and oxygen atoms in total. The maximum absolute atomic E-state index is 14.1. The Kier molecular flexibility index (Phi) is 3.67. The van der Waals surface area contributed by atoms with Crippen LogP contribution in [-0.4, -0.2) is 35.5 Å². The molecule has 1 aromatic rings. The van der Waals surface area contributed by atoms with E-state index in [1.165, 1.54) is 0 Å². The highest BCUT2D eigenvalue weighted by Crippen LogP contribution is 2.52. The maximum atomic E-state index is 14.1. The average Bonchev–Trinajstić information content (AvgIpc) is 2.75. The summed E-state index contributed by atoms with van der Waals surface area (Å²) in [5.74, 6) is -1.11. The van der Waals surface area contributed by atoms with Crippen molar-refractivity contribution in [3.8, 4) is 5.75 Å². The number of anilines is 1. The van der Waals surface area contributed by atoms with E-state index in [2.05, 4.69) is 5.32 Å². The number of thioether (sulfide) groups is 1. The predicted octanol–water partition coefficient (Wildman–Crippen LogP) is 2.29. The first-order chi connectivity index (χ1) is 10.9. The van der Waals surface area contributed by atoms with E-state index in [0.29, 0.717) is 0 Å². The van der Waals surface area contributed by atoms with Crippen molar-refractivity contribution in [2.45, 2.75) is 18.1 Å². The molecular weight excluding hydrogens is 327 g/mol. The van der Waals surface area contributed by atoms with Gasteiger partial charge in [0.15, 0.2) is 0 Å². The van der Waals surface area contributed by atoms with Gasteiger partial charge in [0.1, 0.15) is 16.3 Å². The van der Waals surface area contributed by atoms with E-state index >= 15 is 0 Å². The molecule has 1 atom stereocenters. The molecule has 122 valence electrons. The van der Waals surface area contributed by atoms with Gasteiger partial charge >= 0.3 is 6.09 Å². The molecular formula is C14H13FN2O5S. The molecule has 0 aromatic heterocycles. The van der Waals surface area contributed by atoms with E-state index in [1.54, 1.807) is 6.92 Å². The molecule has 1 aromatic carbocycles. The van der Waals surface area contributed by atoms with Crippen molar-refractivity contribution in [2.24, 2.45) is 0 Å². The van der Waals surface area contributed by atoms with Gasteiger partial charge in [-0.1, -0.05) is 0 Å². The van der Waals surface area contributed by atoms with Crippen LogP contribution >= 0.6 is 11.8 Å². The van der Waals surface area contributed by atoms with Crippen molar-refractivity contribution >= 4 is 34.7 Å². The number of carbonyl (C=O) groups is 3. The summed E-state index contributed by atoms with van der Waals surface area (Å²) in [6.45, 7) is 1.81. The second-order valence-electron chi connectivity index (χ2n) is 5.10. The van der Waals surface area contributed by atoms with Gasteiger partial charge in [0.2, 0.25) is 5.91 Å². The van der Waals surface area contributed by atoms with E-state index in [0.717, 1.165) is 28.8 Å². The minimum atomic E-state index is -1.28. The third-order valence-corrected chi connectivity index (χ3v) is 5.10. The number of carboxylic acid groups (broad SMARTS) is 1. The molecule has 3 rings (SSSR count). The number of fused-ring (bicyclic) bond motifs is 2. The molecule has 1 fully saturated rings. The summed E-state index contributed by atoms with van der Waals surface area (Å²) in [6, 6.07) is 2.17. The number of nitrogens with zero attached hydrogens (tertiary/aromatic N) is 1. The minimum Gasteiger partial charge on any atom is -0.491 e. The van der Waals surface area contributed by atoms with Gasteiger partial charge < -0.3 is 9.84 Å². The Morgan fingerprint density at radius 3 is 2.83 bits per heavy atom. The van der Waals surface area contributed by atoms with Crippen molar-refractivity contribution in [3.05, 3.63) is 23.5 Å². The number of carbonyl (C=O) groups excluding carboxylic acids is 2. The number of hydrogen-bond donors (Lipinski definition) is 2. The lowest BCUT2D eigenvalue weighted by Crippen LogP contribution is -2.39. The second-order valence-corrected chi connectivity index (χ2v) is 6.37. The number of hydrogen-bond acceptors (Lipinski definition) is 5. The van der Waals surface area contributed by atoms with Crippen LogP contribution in [0.3, 0.4) is 0 Å². The molecule has 2 aliphatic heterocycles. The van der Waals surface area contributed by atoms with Crippen molar-refractivity contribution in [1.82, 2.24) is 5.32 Å². The highest BCUT2D eigenvalue weighted by Gasteiger charge is 2.53. The molecule has 9 heteroatoms. The lowest BCUT2D eigenvalue weighted by Gasteiger charge is -2.34. The van der Waals surface area contributed by atoms with Gasteiger partial charge in [-0.15, -0.1) is 0 Å². The summed E-state index contributed by atoms with van der Waals surface area (Å²) in [7, 11) is 0. The molecule has 1 saturated heterocycles. The van der Waals surface area contributed by atoms with Gasteiger partial charge in [-0.05, 0) is 24.8 Å². The fourth-order valence-electron chi connectivity index (χ4n) is 2.84. The Morgan fingerprint density at radius 1 is 1.52 bits per heavy atom. The van der Waals surface area contributed by atoms with Crippen molar-refractivity contribution in [2.75, 3.05) is 18.1 Å². The summed E-state index contributed by atoms with van der Waals surface area (Å²) in [5, 5.41) is 11.0. The van der Waals surface area contributed by atoms with Crippen LogP contribution in [0.2, 0.25) is 0 Å². The van der Waals surface area contributed by atoms with E-state index in [9.17, 15) is 23.9 Å². The van der Waals surface area contributed by atoms with Gasteiger partial charge in [0, 0.05) is 24.6 Å².